The molecular weight excluding hydrogens is 440 g/mol. The summed E-state index contributed by atoms with van der Waals surface area (Å²) in [5, 5.41) is 7.48. The average Bonchev–Trinajstić information content (AvgIpc) is 3.32. The summed E-state index contributed by atoms with van der Waals surface area (Å²) in [5.41, 5.74) is 3.24. The molecule has 0 spiro atoms. The number of carbonyl (C=O) groups is 1. The molecule has 1 N–H and O–H groups in total. The van der Waals surface area contributed by atoms with Crippen LogP contribution in [0.4, 0.5) is 0 Å². The van der Waals surface area contributed by atoms with E-state index in [4.69, 9.17) is 9.26 Å². The Bertz CT molecular complexity index is 1090. The minimum absolute atomic E-state index is 0.0169. The Kier molecular flexibility index (Phi) is 8.18. The number of hydrogen-bond donors (Lipinski definition) is 1. The van der Waals surface area contributed by atoms with Crippen molar-refractivity contribution in [3.05, 3.63) is 65.5 Å². The lowest BCUT2D eigenvalue weighted by Gasteiger charge is -2.32. The lowest BCUT2D eigenvalue weighted by atomic mass is 9.93. The number of ether oxygens (including phenoxy) is 1. The number of amides is 1. The zero-order valence-electron chi connectivity index (χ0n) is 21.2. The van der Waals surface area contributed by atoms with Gasteiger partial charge in [0.05, 0.1) is 25.6 Å². The zero-order valence-corrected chi connectivity index (χ0v) is 21.2. The number of benzene rings is 2. The number of carbonyl (C=O) groups excluding carboxylic acids is 1. The Balaban J connectivity index is 1.37. The predicted octanol–water partition coefficient (Wildman–Crippen LogP) is 5.17. The Morgan fingerprint density at radius 1 is 1.17 bits per heavy atom. The van der Waals surface area contributed by atoms with Gasteiger partial charge in [-0.2, -0.15) is 4.98 Å². The van der Waals surface area contributed by atoms with Crippen LogP contribution < -0.4 is 10.1 Å². The molecule has 0 aliphatic carbocycles. The van der Waals surface area contributed by atoms with E-state index in [9.17, 15) is 4.79 Å². The van der Waals surface area contributed by atoms with Crippen molar-refractivity contribution >= 4 is 5.91 Å². The molecule has 2 heterocycles. The topological polar surface area (TPSA) is 80.5 Å². The Hall–Kier alpha value is -3.19. The van der Waals surface area contributed by atoms with E-state index in [2.05, 4.69) is 41.1 Å². The van der Waals surface area contributed by atoms with Gasteiger partial charge in [0.15, 0.2) is 0 Å². The first-order chi connectivity index (χ1) is 16.9. The summed E-state index contributed by atoms with van der Waals surface area (Å²) in [6, 6.07) is 16.1. The van der Waals surface area contributed by atoms with Gasteiger partial charge in [-0.05, 0) is 56.3 Å². The largest absolute Gasteiger partial charge is 0.497 e. The van der Waals surface area contributed by atoms with Crippen LogP contribution in [0.25, 0.3) is 11.4 Å². The van der Waals surface area contributed by atoms with Gasteiger partial charge in [0.25, 0.3) is 0 Å². The maximum absolute atomic E-state index is 13.3. The first-order valence-electron chi connectivity index (χ1n) is 12.5. The quantitative estimate of drug-likeness (QED) is 0.459. The molecule has 7 nitrogen and oxygen atoms in total. The van der Waals surface area contributed by atoms with Gasteiger partial charge in [-0.3, -0.25) is 9.69 Å². The lowest BCUT2D eigenvalue weighted by molar-refractivity contribution is -0.127. The van der Waals surface area contributed by atoms with Crippen LogP contribution in [0.1, 0.15) is 56.2 Å². The van der Waals surface area contributed by atoms with Crippen LogP contribution >= 0.6 is 0 Å². The van der Waals surface area contributed by atoms with Crippen molar-refractivity contribution in [1.82, 2.24) is 20.4 Å². The highest BCUT2D eigenvalue weighted by Gasteiger charge is 2.29. The minimum atomic E-state index is -0.0591. The number of nitrogens with one attached hydrogen (secondary N) is 1. The summed E-state index contributed by atoms with van der Waals surface area (Å²) < 4.78 is 10.8. The molecule has 2 unspecified atom stereocenters. The summed E-state index contributed by atoms with van der Waals surface area (Å²) in [4.78, 5) is 20.1. The minimum Gasteiger partial charge on any atom is -0.497 e. The van der Waals surface area contributed by atoms with Gasteiger partial charge in [-0.15, -0.1) is 0 Å². The fourth-order valence-corrected chi connectivity index (χ4v) is 4.62. The van der Waals surface area contributed by atoms with Crippen LogP contribution in [0.3, 0.4) is 0 Å². The second-order valence-electron chi connectivity index (χ2n) is 9.92. The third-order valence-corrected chi connectivity index (χ3v) is 6.55. The van der Waals surface area contributed by atoms with Crippen LogP contribution in [0.2, 0.25) is 0 Å². The van der Waals surface area contributed by atoms with Crippen LogP contribution in [-0.4, -0.2) is 41.1 Å². The number of methoxy groups -OCH3 is 1. The van der Waals surface area contributed by atoms with Gasteiger partial charge in [0.1, 0.15) is 5.75 Å². The van der Waals surface area contributed by atoms with Crippen LogP contribution in [0.5, 0.6) is 5.75 Å². The van der Waals surface area contributed by atoms with Gasteiger partial charge in [-0.1, -0.05) is 61.0 Å². The molecule has 186 valence electrons. The fourth-order valence-electron chi connectivity index (χ4n) is 4.62. The molecule has 1 aromatic heterocycles. The van der Waals surface area contributed by atoms with Gasteiger partial charge >= 0.3 is 0 Å². The second-order valence-corrected chi connectivity index (χ2v) is 9.92. The number of piperidine rings is 1. The highest BCUT2D eigenvalue weighted by Crippen LogP contribution is 2.26. The molecule has 7 heteroatoms. The van der Waals surface area contributed by atoms with Gasteiger partial charge in [0, 0.05) is 12.1 Å². The van der Waals surface area contributed by atoms with Crippen molar-refractivity contribution in [2.24, 2.45) is 11.8 Å². The maximum atomic E-state index is 13.3. The molecule has 2 atom stereocenters. The molecule has 1 aliphatic heterocycles. The SMILES string of the molecule is COc1ccc(C(CC(C)C)NC(=O)C2CCCN(Cc3nc(-c4ccc(C)cc4)no3)C2)cc1. The van der Waals surface area contributed by atoms with Crippen molar-refractivity contribution in [3.8, 4) is 17.1 Å². The fraction of sp³-hybridized carbons (Fsp3) is 0.464. The Labute approximate surface area is 207 Å². The van der Waals surface area contributed by atoms with Crippen LogP contribution in [0.15, 0.2) is 53.1 Å². The summed E-state index contributed by atoms with van der Waals surface area (Å²) >= 11 is 0. The molecule has 1 aliphatic rings. The third kappa shape index (κ3) is 6.69. The number of hydrogen-bond acceptors (Lipinski definition) is 6. The molecule has 3 aromatic rings. The summed E-state index contributed by atoms with van der Waals surface area (Å²) in [7, 11) is 1.66. The molecule has 0 saturated carbocycles. The molecule has 1 fully saturated rings. The molecule has 35 heavy (non-hydrogen) atoms. The van der Waals surface area contributed by atoms with E-state index in [-0.39, 0.29) is 17.9 Å². The maximum Gasteiger partial charge on any atom is 0.241 e. The van der Waals surface area contributed by atoms with E-state index in [0.717, 1.165) is 42.7 Å². The van der Waals surface area contributed by atoms with E-state index in [1.165, 1.54) is 5.56 Å². The summed E-state index contributed by atoms with van der Waals surface area (Å²) in [6.45, 7) is 8.57. The third-order valence-electron chi connectivity index (χ3n) is 6.55. The van der Waals surface area contributed by atoms with Crippen molar-refractivity contribution < 1.29 is 14.1 Å². The van der Waals surface area contributed by atoms with Crippen molar-refractivity contribution in [3.63, 3.8) is 0 Å². The normalized spacial score (nSPS) is 17.3. The molecular formula is C28H36N4O3. The van der Waals surface area contributed by atoms with E-state index in [0.29, 0.717) is 30.7 Å². The number of likely N-dealkylation sites (tertiary alicyclic amines) is 1. The van der Waals surface area contributed by atoms with Crippen LogP contribution in [0, 0.1) is 18.8 Å². The van der Waals surface area contributed by atoms with Crippen LogP contribution in [-0.2, 0) is 11.3 Å². The molecule has 1 amide bonds. The van der Waals surface area contributed by atoms with Gasteiger partial charge in [0.2, 0.25) is 17.6 Å². The van der Waals surface area contributed by atoms with Crippen molar-refractivity contribution in [1.29, 1.82) is 0 Å². The highest BCUT2D eigenvalue weighted by atomic mass is 16.5. The average molecular weight is 477 g/mol. The molecule has 1 saturated heterocycles. The smallest absolute Gasteiger partial charge is 0.241 e. The monoisotopic (exact) mass is 476 g/mol. The number of nitrogens with zero attached hydrogens (tertiary/aromatic N) is 3. The van der Waals surface area contributed by atoms with E-state index in [1.54, 1.807) is 7.11 Å². The lowest BCUT2D eigenvalue weighted by Crippen LogP contribution is -2.43. The van der Waals surface area contributed by atoms with E-state index in [1.807, 2.05) is 48.5 Å². The number of aromatic nitrogens is 2. The number of aryl methyl sites for hydroxylation is 1. The highest BCUT2D eigenvalue weighted by molar-refractivity contribution is 5.79. The molecule has 0 radical (unpaired) electrons. The van der Waals surface area contributed by atoms with E-state index < -0.39 is 0 Å². The van der Waals surface area contributed by atoms with Crippen molar-refractivity contribution in [2.75, 3.05) is 20.2 Å². The predicted molar refractivity (Wildman–Crippen MR) is 136 cm³/mol. The Morgan fingerprint density at radius 3 is 2.60 bits per heavy atom. The first kappa shape index (κ1) is 24.9. The standard InChI is InChI=1S/C28H36N4O3/c1-19(2)16-25(21-11-13-24(34-4)14-12-21)29-28(33)23-6-5-15-32(17-23)18-26-30-27(31-35-26)22-9-7-20(3)8-10-22/h7-14,19,23,25H,5-6,15-18H2,1-4H3,(H,29,33). The van der Waals surface area contributed by atoms with Crippen molar-refractivity contribution in [2.45, 2.75) is 52.6 Å². The number of rotatable bonds is 9. The van der Waals surface area contributed by atoms with Gasteiger partial charge < -0.3 is 14.6 Å². The van der Waals surface area contributed by atoms with Gasteiger partial charge in [-0.25, -0.2) is 0 Å². The second kappa shape index (κ2) is 11.5. The van der Waals surface area contributed by atoms with E-state index >= 15 is 0 Å². The molecule has 2 aromatic carbocycles. The summed E-state index contributed by atoms with van der Waals surface area (Å²) in [5.74, 6) is 2.52. The first-order valence-corrected chi connectivity index (χ1v) is 12.5. The Morgan fingerprint density at radius 2 is 1.91 bits per heavy atom. The zero-order chi connectivity index (χ0) is 24.8. The molecule has 4 rings (SSSR count). The summed E-state index contributed by atoms with van der Waals surface area (Å²) in [6.07, 6.45) is 2.74. The molecule has 0 bridgehead atoms.